The summed E-state index contributed by atoms with van der Waals surface area (Å²) in [6.45, 7) is 5.23. The second kappa shape index (κ2) is 5.54. The summed E-state index contributed by atoms with van der Waals surface area (Å²) in [4.78, 5) is 7.34. The summed E-state index contributed by atoms with van der Waals surface area (Å²) < 4.78 is 2.27. The largest absolute Gasteiger partial charge is 0.331 e. The van der Waals surface area contributed by atoms with Crippen LogP contribution in [0.4, 0.5) is 0 Å². The summed E-state index contributed by atoms with van der Waals surface area (Å²) in [6.07, 6.45) is 2.36. The first-order valence-electron chi connectivity index (χ1n) is 7.56. The Morgan fingerprint density at radius 2 is 2.00 bits per heavy atom. The molecular formula is C16H24N4. The molecule has 2 N–H and O–H groups in total. The van der Waals surface area contributed by atoms with Gasteiger partial charge in [0.2, 0.25) is 0 Å². The maximum atomic E-state index is 5.77. The van der Waals surface area contributed by atoms with E-state index in [9.17, 15) is 0 Å². The fraction of sp³-hybridized carbons (Fsp3) is 0.562. The molecule has 1 aromatic carbocycles. The van der Waals surface area contributed by atoms with Crippen molar-refractivity contribution in [1.82, 2.24) is 14.5 Å². The number of fused-ring (bicyclic) bond motifs is 1. The number of hydrogen-bond donors (Lipinski definition) is 1. The highest BCUT2D eigenvalue weighted by Crippen LogP contribution is 2.29. The Kier molecular flexibility index (Phi) is 3.76. The van der Waals surface area contributed by atoms with Gasteiger partial charge in [-0.25, -0.2) is 4.98 Å². The number of imidazole rings is 1. The number of nitrogens with zero attached hydrogens (tertiary/aromatic N) is 3. The van der Waals surface area contributed by atoms with Gasteiger partial charge in [-0.3, -0.25) is 4.90 Å². The Balaban J connectivity index is 1.78. The molecule has 2 heterocycles. The summed E-state index contributed by atoms with van der Waals surface area (Å²) in [5.74, 6) is 1.82. The van der Waals surface area contributed by atoms with Crippen LogP contribution in [0.3, 0.4) is 0 Å². The molecule has 1 aromatic heterocycles. The molecule has 4 heteroatoms. The number of rotatable bonds is 3. The number of aryl methyl sites for hydroxylation is 1. The molecule has 4 nitrogen and oxygen atoms in total. The lowest BCUT2D eigenvalue weighted by molar-refractivity contribution is 0.162. The second-order valence-electron chi connectivity index (χ2n) is 5.91. The third kappa shape index (κ3) is 2.34. The van der Waals surface area contributed by atoms with Gasteiger partial charge in [0.1, 0.15) is 5.82 Å². The molecule has 0 bridgehead atoms. The number of nitrogens with two attached hydrogens (primary N) is 1. The second-order valence-corrected chi connectivity index (χ2v) is 5.91. The average Bonchev–Trinajstić information content (AvgIpc) is 2.84. The molecule has 0 saturated carbocycles. The van der Waals surface area contributed by atoms with Crippen LogP contribution >= 0.6 is 0 Å². The van der Waals surface area contributed by atoms with E-state index in [0.29, 0.717) is 12.0 Å². The van der Waals surface area contributed by atoms with Crippen molar-refractivity contribution < 1.29 is 0 Å². The molecule has 3 rings (SSSR count). The van der Waals surface area contributed by atoms with Crippen LogP contribution in [0.1, 0.15) is 31.5 Å². The van der Waals surface area contributed by atoms with Crippen molar-refractivity contribution in [1.29, 1.82) is 0 Å². The molecule has 108 valence electrons. The van der Waals surface area contributed by atoms with Gasteiger partial charge in [-0.15, -0.1) is 0 Å². The van der Waals surface area contributed by atoms with Crippen molar-refractivity contribution >= 4 is 11.0 Å². The Bertz CT molecular complexity index is 581. The van der Waals surface area contributed by atoms with Crippen LogP contribution in [0.25, 0.3) is 11.0 Å². The van der Waals surface area contributed by atoms with E-state index >= 15 is 0 Å². The zero-order chi connectivity index (χ0) is 14.1. The Labute approximate surface area is 120 Å². The van der Waals surface area contributed by atoms with E-state index in [1.165, 1.54) is 24.2 Å². The van der Waals surface area contributed by atoms with E-state index < -0.39 is 0 Å². The Morgan fingerprint density at radius 1 is 1.30 bits per heavy atom. The first-order chi connectivity index (χ1) is 9.70. The van der Waals surface area contributed by atoms with Crippen molar-refractivity contribution in [2.24, 2.45) is 12.8 Å². The van der Waals surface area contributed by atoms with Gasteiger partial charge < -0.3 is 10.3 Å². The molecule has 1 unspecified atom stereocenters. The van der Waals surface area contributed by atoms with Gasteiger partial charge in [0, 0.05) is 25.6 Å². The third-order valence-corrected chi connectivity index (χ3v) is 4.68. The Morgan fingerprint density at radius 3 is 2.65 bits per heavy atom. The summed E-state index contributed by atoms with van der Waals surface area (Å²) in [5.41, 5.74) is 8.12. The molecule has 2 aromatic rings. The zero-order valence-electron chi connectivity index (χ0n) is 12.4. The first kappa shape index (κ1) is 13.6. The Hall–Kier alpha value is -1.39. The van der Waals surface area contributed by atoms with Crippen molar-refractivity contribution in [2.45, 2.75) is 31.7 Å². The van der Waals surface area contributed by atoms with Crippen LogP contribution in [-0.4, -0.2) is 40.1 Å². The summed E-state index contributed by atoms with van der Waals surface area (Å²) in [5, 5.41) is 0. The highest BCUT2D eigenvalue weighted by atomic mass is 15.2. The van der Waals surface area contributed by atoms with Gasteiger partial charge in [-0.05, 0) is 45.0 Å². The van der Waals surface area contributed by atoms with E-state index in [1.807, 2.05) is 0 Å². The monoisotopic (exact) mass is 272 g/mol. The van der Waals surface area contributed by atoms with Crippen LogP contribution in [0.2, 0.25) is 0 Å². The van der Waals surface area contributed by atoms with Crippen molar-refractivity contribution in [3.05, 3.63) is 30.1 Å². The number of benzene rings is 1. The summed E-state index contributed by atoms with van der Waals surface area (Å²) >= 11 is 0. The lowest BCUT2D eigenvalue weighted by atomic mass is 9.95. The molecular weight excluding hydrogens is 248 g/mol. The van der Waals surface area contributed by atoms with E-state index in [4.69, 9.17) is 10.7 Å². The minimum absolute atomic E-state index is 0.497. The van der Waals surface area contributed by atoms with Crippen molar-refractivity contribution in [2.75, 3.05) is 19.6 Å². The lowest BCUT2D eigenvalue weighted by Gasteiger charge is -2.35. The molecule has 0 radical (unpaired) electrons. The molecule has 0 amide bonds. The lowest BCUT2D eigenvalue weighted by Crippen LogP contribution is -2.43. The number of aromatic nitrogens is 2. The quantitative estimate of drug-likeness (QED) is 0.931. The molecule has 1 aliphatic heterocycles. The highest BCUT2D eigenvalue weighted by molar-refractivity contribution is 5.75. The molecule has 1 fully saturated rings. The maximum Gasteiger partial charge on any atom is 0.112 e. The molecule has 0 spiro atoms. The number of hydrogen-bond acceptors (Lipinski definition) is 3. The smallest absolute Gasteiger partial charge is 0.112 e. The summed E-state index contributed by atoms with van der Waals surface area (Å²) in [6, 6.07) is 8.89. The predicted octanol–water partition coefficient (Wildman–Crippen LogP) is 2.10. The van der Waals surface area contributed by atoms with E-state index in [0.717, 1.165) is 25.2 Å². The number of piperidine rings is 1. The summed E-state index contributed by atoms with van der Waals surface area (Å²) in [7, 11) is 2.14. The molecule has 20 heavy (non-hydrogen) atoms. The van der Waals surface area contributed by atoms with Crippen LogP contribution in [0.5, 0.6) is 0 Å². The molecule has 0 aliphatic carbocycles. The topological polar surface area (TPSA) is 47.1 Å². The minimum Gasteiger partial charge on any atom is -0.331 e. The van der Waals surface area contributed by atoms with Gasteiger partial charge in [0.15, 0.2) is 0 Å². The molecule has 1 aliphatic rings. The normalized spacial score (nSPS) is 19.6. The first-order valence-corrected chi connectivity index (χ1v) is 7.56. The number of para-hydroxylation sites is 2. The van der Waals surface area contributed by atoms with Crippen LogP contribution in [0, 0.1) is 0 Å². The fourth-order valence-electron chi connectivity index (χ4n) is 3.28. The van der Waals surface area contributed by atoms with Gasteiger partial charge in [0.05, 0.1) is 11.0 Å². The highest BCUT2D eigenvalue weighted by Gasteiger charge is 2.26. The SMILES string of the molecule is CC(CN)N1CCC(c2nc3ccccc3n2C)CC1. The fourth-order valence-corrected chi connectivity index (χ4v) is 3.28. The van der Waals surface area contributed by atoms with Gasteiger partial charge in [0.25, 0.3) is 0 Å². The van der Waals surface area contributed by atoms with Gasteiger partial charge >= 0.3 is 0 Å². The van der Waals surface area contributed by atoms with Gasteiger partial charge in [-0.1, -0.05) is 12.1 Å². The molecule has 1 atom stereocenters. The van der Waals surface area contributed by atoms with Crippen molar-refractivity contribution in [3.8, 4) is 0 Å². The third-order valence-electron chi connectivity index (χ3n) is 4.68. The molecule has 1 saturated heterocycles. The standard InChI is InChI=1S/C16H24N4/c1-12(11-17)20-9-7-13(8-10-20)16-18-14-5-3-4-6-15(14)19(16)2/h3-6,12-13H,7-11,17H2,1-2H3. The van der Waals surface area contributed by atoms with Gasteiger partial charge in [-0.2, -0.15) is 0 Å². The maximum absolute atomic E-state index is 5.77. The minimum atomic E-state index is 0.497. The number of likely N-dealkylation sites (tertiary alicyclic amines) is 1. The van der Waals surface area contributed by atoms with E-state index in [-0.39, 0.29) is 0 Å². The van der Waals surface area contributed by atoms with Crippen molar-refractivity contribution in [3.63, 3.8) is 0 Å². The van der Waals surface area contributed by atoms with E-state index in [1.54, 1.807) is 0 Å². The van der Waals surface area contributed by atoms with E-state index in [2.05, 4.69) is 47.7 Å². The van der Waals surface area contributed by atoms with Crippen LogP contribution in [0.15, 0.2) is 24.3 Å². The zero-order valence-corrected chi connectivity index (χ0v) is 12.4. The van der Waals surface area contributed by atoms with Crippen LogP contribution < -0.4 is 5.73 Å². The predicted molar refractivity (Wildman–Crippen MR) is 82.8 cm³/mol. The average molecular weight is 272 g/mol. The van der Waals surface area contributed by atoms with Crippen LogP contribution in [-0.2, 0) is 7.05 Å².